The van der Waals surface area contributed by atoms with Gasteiger partial charge in [0.25, 0.3) is 0 Å². The van der Waals surface area contributed by atoms with Gasteiger partial charge in [-0.1, -0.05) is 0 Å². The zero-order chi connectivity index (χ0) is 18.2. The minimum atomic E-state index is -0.465. The van der Waals surface area contributed by atoms with E-state index < -0.39 is 11.6 Å². The third-order valence-corrected chi connectivity index (χ3v) is 3.65. The highest BCUT2D eigenvalue weighted by molar-refractivity contribution is 5.79. The fourth-order valence-electron chi connectivity index (χ4n) is 2.28. The van der Waals surface area contributed by atoms with Crippen LogP contribution in [0.2, 0.25) is 0 Å². The molecule has 134 valence electrons. The molecule has 0 unspecified atom stereocenters. The topological polar surface area (TPSA) is 65.9 Å². The molecule has 0 heterocycles. The lowest BCUT2D eigenvalue weighted by Crippen LogP contribution is -2.37. The second-order valence-electron chi connectivity index (χ2n) is 5.33. The lowest BCUT2D eigenvalue weighted by atomic mass is 10.1. The number of aliphatic imine (C=N–C) groups is 1. The van der Waals surface area contributed by atoms with Gasteiger partial charge >= 0.3 is 0 Å². The predicted molar refractivity (Wildman–Crippen MR) is 92.9 cm³/mol. The van der Waals surface area contributed by atoms with Crippen LogP contribution in [0.4, 0.5) is 8.78 Å². The number of benzene rings is 2. The summed E-state index contributed by atoms with van der Waals surface area (Å²) in [5.41, 5.74) is 0.951. The SMILES string of the molecule is CN=C(NCCc1cc(F)ccc1F)NCc1cc(OC)ccc1O. The van der Waals surface area contributed by atoms with Gasteiger partial charge in [0, 0.05) is 25.7 Å². The number of ether oxygens (including phenoxy) is 1. The predicted octanol–water partition coefficient (Wildman–Crippen LogP) is 2.59. The van der Waals surface area contributed by atoms with Crippen LogP contribution in [-0.4, -0.2) is 31.8 Å². The number of hydrogen-bond donors (Lipinski definition) is 3. The van der Waals surface area contributed by atoms with Crippen LogP contribution >= 0.6 is 0 Å². The van der Waals surface area contributed by atoms with Crippen molar-refractivity contribution in [2.75, 3.05) is 20.7 Å². The molecule has 0 saturated carbocycles. The molecule has 25 heavy (non-hydrogen) atoms. The molecule has 0 bridgehead atoms. The number of halogens is 2. The summed E-state index contributed by atoms with van der Waals surface area (Å²) in [4.78, 5) is 4.06. The van der Waals surface area contributed by atoms with E-state index >= 15 is 0 Å². The first kappa shape index (κ1) is 18.5. The summed E-state index contributed by atoms with van der Waals surface area (Å²) >= 11 is 0. The number of phenols is 1. The Morgan fingerprint density at radius 1 is 1.12 bits per heavy atom. The van der Waals surface area contributed by atoms with Crippen molar-refractivity contribution < 1.29 is 18.6 Å². The smallest absolute Gasteiger partial charge is 0.191 e. The molecule has 0 atom stereocenters. The Labute approximate surface area is 145 Å². The highest BCUT2D eigenvalue weighted by Crippen LogP contribution is 2.22. The van der Waals surface area contributed by atoms with Crippen LogP contribution in [0.1, 0.15) is 11.1 Å². The molecule has 0 fully saturated rings. The molecular weight excluding hydrogens is 328 g/mol. The van der Waals surface area contributed by atoms with Gasteiger partial charge in [0.1, 0.15) is 23.1 Å². The average molecular weight is 349 g/mol. The largest absolute Gasteiger partial charge is 0.508 e. The number of hydrogen-bond acceptors (Lipinski definition) is 3. The molecule has 0 spiro atoms. The molecule has 5 nitrogen and oxygen atoms in total. The molecule has 0 radical (unpaired) electrons. The van der Waals surface area contributed by atoms with Crippen LogP contribution in [-0.2, 0) is 13.0 Å². The van der Waals surface area contributed by atoms with Gasteiger partial charge in [0.15, 0.2) is 5.96 Å². The number of aromatic hydroxyl groups is 1. The minimum Gasteiger partial charge on any atom is -0.508 e. The molecule has 0 amide bonds. The van der Waals surface area contributed by atoms with Gasteiger partial charge in [-0.3, -0.25) is 4.99 Å². The molecular formula is C18H21F2N3O2. The van der Waals surface area contributed by atoms with Crippen LogP contribution in [0.5, 0.6) is 11.5 Å². The lowest BCUT2D eigenvalue weighted by molar-refractivity contribution is 0.410. The van der Waals surface area contributed by atoms with Crippen molar-refractivity contribution in [3.05, 3.63) is 59.2 Å². The summed E-state index contributed by atoms with van der Waals surface area (Å²) in [5, 5.41) is 15.9. The first-order chi connectivity index (χ1) is 12.0. The van der Waals surface area contributed by atoms with Crippen molar-refractivity contribution in [2.45, 2.75) is 13.0 Å². The average Bonchev–Trinajstić information content (AvgIpc) is 2.62. The summed E-state index contributed by atoms with van der Waals surface area (Å²) < 4.78 is 31.9. The van der Waals surface area contributed by atoms with E-state index in [1.165, 1.54) is 6.07 Å². The van der Waals surface area contributed by atoms with Crippen molar-refractivity contribution in [3.63, 3.8) is 0 Å². The van der Waals surface area contributed by atoms with Crippen LogP contribution in [0.3, 0.4) is 0 Å². The Hall–Kier alpha value is -2.83. The number of rotatable bonds is 6. The van der Waals surface area contributed by atoms with E-state index in [0.717, 1.165) is 12.1 Å². The highest BCUT2D eigenvalue weighted by Gasteiger charge is 2.06. The monoisotopic (exact) mass is 349 g/mol. The Balaban J connectivity index is 1.88. The molecule has 3 N–H and O–H groups in total. The van der Waals surface area contributed by atoms with Gasteiger partial charge in [0.05, 0.1) is 7.11 Å². The number of methoxy groups -OCH3 is 1. The van der Waals surface area contributed by atoms with Crippen LogP contribution in [0.15, 0.2) is 41.4 Å². The first-order valence-electron chi connectivity index (χ1n) is 7.78. The fraction of sp³-hybridized carbons (Fsp3) is 0.278. The van der Waals surface area contributed by atoms with Gasteiger partial charge < -0.3 is 20.5 Å². The molecule has 0 aliphatic carbocycles. The van der Waals surface area contributed by atoms with Crippen LogP contribution < -0.4 is 15.4 Å². The van der Waals surface area contributed by atoms with Crippen molar-refractivity contribution in [2.24, 2.45) is 4.99 Å². The van der Waals surface area contributed by atoms with Crippen molar-refractivity contribution in [1.82, 2.24) is 10.6 Å². The van der Waals surface area contributed by atoms with Crippen molar-refractivity contribution >= 4 is 5.96 Å². The van der Waals surface area contributed by atoms with Gasteiger partial charge in [-0.25, -0.2) is 8.78 Å². The summed E-state index contributed by atoms with van der Waals surface area (Å²) in [7, 11) is 3.15. The van der Waals surface area contributed by atoms with Crippen molar-refractivity contribution in [3.8, 4) is 11.5 Å². The van der Waals surface area contributed by atoms with E-state index in [9.17, 15) is 13.9 Å². The molecule has 0 aromatic heterocycles. The van der Waals surface area contributed by atoms with Crippen LogP contribution in [0, 0.1) is 11.6 Å². The van der Waals surface area contributed by atoms with Gasteiger partial charge in [-0.2, -0.15) is 0 Å². The standard InChI is InChI=1S/C18H21F2N3O2/c1-21-18(22-8-7-12-9-14(19)3-5-16(12)20)23-11-13-10-15(25-2)4-6-17(13)24/h3-6,9-10,24H,7-8,11H2,1-2H3,(H2,21,22,23). The Morgan fingerprint density at radius 2 is 1.92 bits per heavy atom. The second-order valence-corrected chi connectivity index (χ2v) is 5.33. The summed E-state index contributed by atoms with van der Waals surface area (Å²) in [6.45, 7) is 0.709. The molecule has 2 aromatic rings. The summed E-state index contributed by atoms with van der Waals surface area (Å²) in [6, 6.07) is 8.33. The second kappa shape index (κ2) is 8.86. The normalized spacial score (nSPS) is 11.3. The van der Waals surface area contributed by atoms with Gasteiger partial charge in [-0.05, 0) is 48.4 Å². The Bertz CT molecular complexity index is 751. The maximum absolute atomic E-state index is 13.6. The third-order valence-electron chi connectivity index (χ3n) is 3.65. The first-order valence-corrected chi connectivity index (χ1v) is 7.78. The Kier molecular flexibility index (Phi) is 6.56. The van der Waals surface area contributed by atoms with E-state index in [1.54, 1.807) is 32.4 Å². The quantitative estimate of drug-likeness (QED) is 0.554. The van der Waals surface area contributed by atoms with Gasteiger partial charge in [0.2, 0.25) is 0 Å². The van der Waals surface area contributed by atoms with E-state index in [0.29, 0.717) is 42.3 Å². The van der Waals surface area contributed by atoms with Crippen molar-refractivity contribution in [1.29, 1.82) is 0 Å². The summed E-state index contributed by atoms with van der Waals surface area (Å²) in [5.74, 6) is 0.364. The van der Waals surface area contributed by atoms with E-state index in [1.807, 2.05) is 0 Å². The number of nitrogens with zero attached hydrogens (tertiary/aromatic N) is 1. The molecule has 2 rings (SSSR count). The van der Waals surface area contributed by atoms with Crippen LogP contribution in [0.25, 0.3) is 0 Å². The zero-order valence-electron chi connectivity index (χ0n) is 14.1. The molecule has 0 saturated heterocycles. The number of phenolic OH excluding ortho intramolecular Hbond substituents is 1. The van der Waals surface area contributed by atoms with E-state index in [-0.39, 0.29) is 5.75 Å². The van der Waals surface area contributed by atoms with Gasteiger partial charge in [-0.15, -0.1) is 0 Å². The minimum absolute atomic E-state index is 0.144. The zero-order valence-corrected chi connectivity index (χ0v) is 14.1. The molecule has 7 heteroatoms. The Morgan fingerprint density at radius 3 is 2.64 bits per heavy atom. The molecule has 2 aromatic carbocycles. The summed E-state index contributed by atoms with van der Waals surface area (Å²) in [6.07, 6.45) is 0.314. The van der Waals surface area contributed by atoms with E-state index in [2.05, 4.69) is 15.6 Å². The number of guanidine groups is 1. The fourth-order valence-corrected chi connectivity index (χ4v) is 2.28. The lowest BCUT2D eigenvalue weighted by Gasteiger charge is -2.13. The maximum Gasteiger partial charge on any atom is 0.191 e. The maximum atomic E-state index is 13.6. The molecule has 0 aliphatic heterocycles. The number of nitrogens with one attached hydrogen (secondary N) is 2. The molecule has 0 aliphatic rings. The third kappa shape index (κ3) is 5.34. The van der Waals surface area contributed by atoms with E-state index in [4.69, 9.17) is 4.74 Å². The highest BCUT2D eigenvalue weighted by atomic mass is 19.1.